The fourth-order valence-electron chi connectivity index (χ4n) is 11.0. The van der Waals surface area contributed by atoms with E-state index in [4.69, 9.17) is 31.9 Å². The number of nitrogens with zero attached hydrogens (tertiary/aromatic N) is 3. The predicted octanol–water partition coefficient (Wildman–Crippen LogP) is 6.88. The molecule has 89 heavy (non-hydrogen) atoms. The third kappa shape index (κ3) is 16.5. The summed E-state index contributed by atoms with van der Waals surface area (Å²) in [4.78, 5) is 108. The molecule has 0 unspecified atom stereocenters. The lowest BCUT2D eigenvalue weighted by atomic mass is 10.0. The van der Waals surface area contributed by atoms with E-state index in [9.17, 15) is 38.7 Å². The molecule has 1 fully saturated rings. The van der Waals surface area contributed by atoms with Crippen molar-refractivity contribution in [3.63, 3.8) is 0 Å². The maximum Gasteiger partial charge on any atom is 0.413 e. The molecule has 5 aromatic rings. The Morgan fingerprint density at radius 3 is 1.80 bits per heavy atom. The highest BCUT2D eigenvalue weighted by molar-refractivity contribution is 6.99. The number of hydrogen-bond acceptors (Lipinski definition) is 17. The smallest absolute Gasteiger partial charge is 0.413 e. The summed E-state index contributed by atoms with van der Waals surface area (Å²) in [6.45, 7) is 24.0. The number of aliphatic hydroxyl groups excluding tert-OH is 1. The third-order valence-electron chi connectivity index (χ3n) is 16.1. The summed E-state index contributed by atoms with van der Waals surface area (Å²) in [6.07, 6.45) is -0.0688. The Hall–Kier alpha value is -7.82. The van der Waals surface area contributed by atoms with Crippen LogP contribution >= 0.6 is 0 Å². The number of aliphatic hydroxyl groups is 1. The second-order valence-corrected chi connectivity index (χ2v) is 32.9. The lowest BCUT2D eigenvalue weighted by Crippen LogP contribution is -2.67. The summed E-state index contributed by atoms with van der Waals surface area (Å²) in [6, 6.07) is 24.5. The molecule has 482 valence electrons. The third-order valence-corrected chi connectivity index (χ3v) is 25.7. The van der Waals surface area contributed by atoms with Crippen LogP contribution in [0.15, 0.2) is 106 Å². The number of rotatable bonds is 28. The molecule has 6 amide bonds. The molecule has 25 heteroatoms. The van der Waals surface area contributed by atoms with E-state index in [1.165, 1.54) is 31.9 Å². The summed E-state index contributed by atoms with van der Waals surface area (Å²) in [7, 11) is -4.34. The number of carbonyl (C=O) groups is 7. The zero-order chi connectivity index (χ0) is 65.6. The number of methoxy groups -OCH3 is 1. The normalized spacial score (nSPS) is 16.6. The minimum atomic E-state index is -3.19. The van der Waals surface area contributed by atoms with Crippen LogP contribution in [0.3, 0.4) is 0 Å². The maximum absolute atomic E-state index is 14.6. The van der Waals surface area contributed by atoms with Gasteiger partial charge in [-0.05, 0) is 86.6 Å². The molecule has 0 bridgehead atoms. The molecule has 6 rings (SSSR count). The molecular weight excluding hydrogens is 1180 g/mol. The maximum atomic E-state index is 14.6. The molecule has 6 atom stereocenters. The molecule has 1 aliphatic rings. The lowest BCUT2D eigenvalue weighted by molar-refractivity contribution is -0.143. The first-order valence-electron chi connectivity index (χ1n) is 30.0. The van der Waals surface area contributed by atoms with Gasteiger partial charge in [-0.25, -0.2) is 19.6 Å². The van der Waals surface area contributed by atoms with Crippen LogP contribution in [0.5, 0.6) is 0 Å². The highest BCUT2D eigenvalue weighted by atomic mass is 28.4. The molecule has 1 aliphatic heterocycles. The SMILES string of the molecule is C/C=C(\NC(=O)[C@@H]1[C@@H](C)OC(C)(C)N1C(=O)OCc1ccccc1)c1nc(C(=O)N[C@@H](CO)C(=O)N[C@H](C(=O)N[C@@H](CO[Si](CC)(CC)CC)c2nc(C(=O)N[C@@H](CO[Si](c3ccccc3)(c3ccccc3)C(C)(C)C)C(=O)OC)c(C)o2)C(C)C)c(C)o1. The number of allylic oxidation sites excluding steroid dienone is 1. The monoisotopic (exact) mass is 1260 g/mol. The summed E-state index contributed by atoms with van der Waals surface area (Å²) in [5, 5.41) is 25.6. The highest BCUT2D eigenvalue weighted by Crippen LogP contribution is 2.38. The number of benzene rings is 3. The summed E-state index contributed by atoms with van der Waals surface area (Å²) in [5.74, 6) is -5.53. The van der Waals surface area contributed by atoms with Crippen molar-refractivity contribution in [3.8, 4) is 0 Å². The van der Waals surface area contributed by atoms with Crippen molar-refractivity contribution in [1.29, 1.82) is 0 Å². The Morgan fingerprint density at radius 2 is 1.28 bits per heavy atom. The van der Waals surface area contributed by atoms with Gasteiger partial charge in [0, 0.05) is 0 Å². The van der Waals surface area contributed by atoms with E-state index in [1.807, 2.05) is 99.6 Å². The van der Waals surface area contributed by atoms with Crippen LogP contribution in [-0.2, 0) is 48.8 Å². The van der Waals surface area contributed by atoms with Crippen LogP contribution in [0, 0.1) is 19.8 Å². The van der Waals surface area contributed by atoms with Gasteiger partial charge in [0.05, 0.1) is 38.7 Å². The van der Waals surface area contributed by atoms with Gasteiger partial charge in [-0.2, -0.15) is 0 Å². The van der Waals surface area contributed by atoms with E-state index in [-0.39, 0.29) is 60.2 Å². The number of aromatic nitrogens is 2. The van der Waals surface area contributed by atoms with Crippen molar-refractivity contribution in [3.05, 3.63) is 137 Å². The molecule has 2 aromatic heterocycles. The number of ether oxygens (including phenoxy) is 3. The molecule has 6 N–H and O–H groups in total. The van der Waals surface area contributed by atoms with Gasteiger partial charge in [0.1, 0.15) is 54.1 Å². The average Bonchev–Trinajstić information content (AvgIpc) is 1.55. The topological polar surface area (TPSA) is 301 Å². The van der Waals surface area contributed by atoms with E-state index >= 15 is 0 Å². The Morgan fingerprint density at radius 1 is 0.742 bits per heavy atom. The van der Waals surface area contributed by atoms with Gasteiger partial charge in [0.2, 0.25) is 29.5 Å². The molecule has 0 aliphatic carbocycles. The van der Waals surface area contributed by atoms with Crippen molar-refractivity contribution >= 4 is 74.3 Å². The number of nitrogens with one attached hydrogen (secondary N) is 5. The Balaban J connectivity index is 1.17. The minimum Gasteiger partial charge on any atom is -0.467 e. The van der Waals surface area contributed by atoms with Gasteiger partial charge in [-0.1, -0.05) is 152 Å². The Bertz CT molecular complexity index is 3230. The van der Waals surface area contributed by atoms with Crippen LogP contribution in [0.2, 0.25) is 23.2 Å². The first-order chi connectivity index (χ1) is 42.1. The van der Waals surface area contributed by atoms with E-state index in [1.54, 1.807) is 53.7 Å². The fourth-order valence-corrected chi connectivity index (χ4v) is 18.2. The van der Waals surface area contributed by atoms with Gasteiger partial charge in [-0.3, -0.25) is 28.9 Å². The second-order valence-electron chi connectivity index (χ2n) is 23.8. The van der Waals surface area contributed by atoms with E-state index in [2.05, 4.69) is 57.3 Å². The molecule has 1 saturated heterocycles. The fraction of sp³-hybridized carbons (Fsp3) is 0.484. The number of aryl methyl sites for hydroxylation is 2. The second kappa shape index (κ2) is 30.6. The number of esters is 1. The standard InChI is InChI=1S/C64H88N8O15Si2/c1-16-46(65-58(78)53-42(9)87-64(13,14)72(53)62(80)82-36-43-29-23-20-24-30-43)59-70-51(40(7)85-59)56(76)66-47(35-73)54(74)69-50(39(5)6)55(75)67-48(37-83-88(17-2,18-3)19-4)60-71-52(41(8)86-60)57(77)68-49(61(79)81-15)38-84-89(63(10,11)12,44-31-25-21-26-32-44)45-33-27-22-28-34-45/h16,20-34,39,42,47-50,53,73H,17-19,35-38H2,1-15H3,(H,65,78)(H,66,76)(H,67,75)(H,68,77)(H,69,74)/b46-16-/t42-,47+,48+,49+,50+,53+/m1/s1. The zero-order valence-corrected chi connectivity index (χ0v) is 55.7. The molecule has 3 heterocycles. The average molecular weight is 1270 g/mol. The first-order valence-corrected chi connectivity index (χ1v) is 34.5. The number of oxazole rings is 2. The lowest BCUT2D eigenvalue weighted by Gasteiger charge is -2.43. The summed E-state index contributed by atoms with van der Waals surface area (Å²) in [5.41, 5.74) is -0.899. The van der Waals surface area contributed by atoms with Crippen molar-refractivity contribution in [2.45, 2.75) is 169 Å². The van der Waals surface area contributed by atoms with Crippen LogP contribution in [-0.4, -0.2) is 141 Å². The molecule has 0 radical (unpaired) electrons. The predicted molar refractivity (Wildman–Crippen MR) is 337 cm³/mol. The Kier molecular flexibility index (Phi) is 24.2. The van der Waals surface area contributed by atoms with Crippen LogP contribution < -0.4 is 37.0 Å². The van der Waals surface area contributed by atoms with Gasteiger partial charge in [0.25, 0.3) is 20.1 Å². The number of hydrogen-bond donors (Lipinski definition) is 6. The van der Waals surface area contributed by atoms with Gasteiger partial charge in [0.15, 0.2) is 19.7 Å². The number of carbonyl (C=O) groups excluding carboxylic acids is 7. The quantitative estimate of drug-likeness (QED) is 0.0220. The van der Waals surface area contributed by atoms with Crippen LogP contribution in [0.1, 0.15) is 139 Å². The zero-order valence-electron chi connectivity index (χ0n) is 53.7. The van der Waals surface area contributed by atoms with E-state index in [0.717, 1.165) is 34.1 Å². The van der Waals surface area contributed by atoms with Crippen molar-refractivity contribution in [2.24, 2.45) is 5.92 Å². The highest BCUT2D eigenvalue weighted by Gasteiger charge is 2.53. The van der Waals surface area contributed by atoms with Gasteiger partial charge in [-0.15, -0.1) is 0 Å². The van der Waals surface area contributed by atoms with Gasteiger partial charge < -0.3 is 63.6 Å². The van der Waals surface area contributed by atoms with Crippen molar-refractivity contribution in [1.82, 2.24) is 41.5 Å². The molecular formula is C64H88N8O15Si2. The minimum absolute atomic E-state index is 0.00644. The summed E-state index contributed by atoms with van der Waals surface area (Å²) < 4.78 is 42.6. The van der Waals surface area contributed by atoms with E-state index < -0.39 is 118 Å². The molecule has 0 spiro atoms. The Labute approximate surface area is 523 Å². The van der Waals surface area contributed by atoms with Gasteiger partial charge >= 0.3 is 12.1 Å². The molecule has 23 nitrogen and oxygen atoms in total. The molecule has 0 saturated carbocycles. The van der Waals surface area contributed by atoms with Crippen molar-refractivity contribution < 1.29 is 70.6 Å². The molecule has 3 aromatic carbocycles. The van der Waals surface area contributed by atoms with E-state index in [0.29, 0.717) is 0 Å². The summed E-state index contributed by atoms with van der Waals surface area (Å²) >= 11 is 0. The van der Waals surface area contributed by atoms with Crippen molar-refractivity contribution in [2.75, 3.05) is 26.9 Å². The largest absolute Gasteiger partial charge is 0.467 e. The van der Waals surface area contributed by atoms with Crippen LogP contribution in [0.25, 0.3) is 5.70 Å². The number of amides is 6. The first kappa shape index (κ1) is 70.3. The van der Waals surface area contributed by atoms with Crippen LogP contribution in [0.4, 0.5) is 4.79 Å².